The van der Waals surface area contributed by atoms with Crippen LogP contribution in [0.3, 0.4) is 0 Å². The Morgan fingerprint density at radius 3 is 2.92 bits per heavy atom. The number of carboxylic acid groups (broad SMARTS) is 1. The lowest BCUT2D eigenvalue weighted by molar-refractivity contribution is -0.132. The van der Waals surface area contributed by atoms with Gasteiger partial charge in [-0.2, -0.15) is 0 Å². The van der Waals surface area contributed by atoms with E-state index in [1.165, 1.54) is 0 Å². The summed E-state index contributed by atoms with van der Waals surface area (Å²) in [5, 5.41) is 17.4. The maximum absolute atomic E-state index is 11.1. The Labute approximate surface area is 139 Å². The van der Waals surface area contributed by atoms with E-state index in [1.807, 2.05) is 22.9 Å². The van der Waals surface area contributed by atoms with Crippen molar-refractivity contribution in [2.75, 3.05) is 26.3 Å². The second-order valence-electron chi connectivity index (χ2n) is 6.06. The smallest absolute Gasteiger partial charge is 0.331 e. The van der Waals surface area contributed by atoms with Gasteiger partial charge in [0.05, 0.1) is 30.8 Å². The minimum absolute atomic E-state index is 0.425. The number of fused-ring (bicyclic) bond motifs is 1. The molecular formula is C17H18N4O3. The first-order chi connectivity index (χ1) is 11.7. The van der Waals surface area contributed by atoms with E-state index in [-0.39, 0.29) is 0 Å². The van der Waals surface area contributed by atoms with E-state index >= 15 is 0 Å². The molecule has 0 spiro atoms. The molecule has 0 bridgehead atoms. The van der Waals surface area contributed by atoms with Crippen molar-refractivity contribution in [3.8, 4) is 5.69 Å². The van der Waals surface area contributed by atoms with Crippen LogP contribution < -0.4 is 0 Å². The van der Waals surface area contributed by atoms with Crippen LogP contribution in [0.2, 0.25) is 0 Å². The molecule has 1 saturated heterocycles. The zero-order chi connectivity index (χ0) is 16.5. The van der Waals surface area contributed by atoms with Gasteiger partial charge in [-0.15, -0.1) is 5.10 Å². The lowest BCUT2D eigenvalue weighted by Gasteiger charge is -2.26. The Morgan fingerprint density at radius 1 is 1.29 bits per heavy atom. The molecule has 1 N–H and O–H groups in total. The summed E-state index contributed by atoms with van der Waals surface area (Å²) >= 11 is 0. The van der Waals surface area contributed by atoms with Gasteiger partial charge in [-0.25, -0.2) is 9.48 Å². The molecule has 124 valence electrons. The van der Waals surface area contributed by atoms with Crippen molar-refractivity contribution >= 4 is 12.0 Å². The molecule has 7 heteroatoms. The molecule has 2 aromatic rings. The number of aliphatic carboxylic acids is 1. The second-order valence-corrected chi connectivity index (χ2v) is 6.06. The van der Waals surface area contributed by atoms with Crippen LogP contribution in [0.4, 0.5) is 0 Å². The third-order valence-corrected chi connectivity index (χ3v) is 4.47. The van der Waals surface area contributed by atoms with Crippen molar-refractivity contribution < 1.29 is 14.6 Å². The van der Waals surface area contributed by atoms with Gasteiger partial charge in [-0.05, 0) is 29.3 Å². The van der Waals surface area contributed by atoms with Crippen molar-refractivity contribution in [3.63, 3.8) is 0 Å². The normalized spacial score (nSPS) is 17.6. The average molecular weight is 326 g/mol. The summed E-state index contributed by atoms with van der Waals surface area (Å²) in [6.07, 6.45) is 3.99. The Kier molecular flexibility index (Phi) is 3.87. The molecule has 1 aliphatic heterocycles. The SMILES string of the molecule is O=C(O)C1=Cc2cc(-n3nncc3CN3CCOCC3)ccc2C1. The highest BCUT2D eigenvalue weighted by atomic mass is 16.5. The Hall–Kier alpha value is -2.51. The van der Waals surface area contributed by atoms with E-state index in [1.54, 1.807) is 12.3 Å². The minimum atomic E-state index is -0.860. The molecule has 1 aliphatic carbocycles. The summed E-state index contributed by atoms with van der Waals surface area (Å²) in [6.45, 7) is 4.08. The van der Waals surface area contributed by atoms with Crippen LogP contribution in [0, 0.1) is 0 Å². The average Bonchev–Trinajstić information content (AvgIpc) is 3.21. The number of hydrogen-bond donors (Lipinski definition) is 1. The number of aromatic nitrogens is 3. The molecule has 1 aromatic heterocycles. The third kappa shape index (κ3) is 2.83. The number of carbonyl (C=O) groups is 1. The molecule has 0 amide bonds. The number of benzene rings is 1. The van der Waals surface area contributed by atoms with Crippen LogP contribution in [-0.4, -0.2) is 57.3 Å². The number of hydrogen-bond acceptors (Lipinski definition) is 5. The summed E-state index contributed by atoms with van der Waals surface area (Å²) in [5.41, 5.74) is 4.31. The molecule has 0 atom stereocenters. The zero-order valence-electron chi connectivity index (χ0n) is 13.2. The first-order valence-electron chi connectivity index (χ1n) is 7.97. The summed E-state index contributed by atoms with van der Waals surface area (Å²) in [7, 11) is 0. The molecule has 1 fully saturated rings. The van der Waals surface area contributed by atoms with E-state index < -0.39 is 5.97 Å². The standard InChI is InChI=1S/C17H18N4O3/c22-17(23)14-7-12-1-2-15(9-13(12)8-14)21-16(10-18-19-21)11-20-3-5-24-6-4-20/h1-2,8-10H,3-7,11H2,(H,22,23). The van der Waals surface area contributed by atoms with E-state index in [4.69, 9.17) is 9.84 Å². The van der Waals surface area contributed by atoms with Gasteiger partial charge >= 0.3 is 5.97 Å². The second kappa shape index (κ2) is 6.18. The van der Waals surface area contributed by atoms with Crippen molar-refractivity contribution in [2.45, 2.75) is 13.0 Å². The fraction of sp³-hybridized carbons (Fsp3) is 0.353. The molecule has 0 saturated carbocycles. The van der Waals surface area contributed by atoms with Gasteiger partial charge in [0.25, 0.3) is 0 Å². The number of ether oxygens (including phenoxy) is 1. The van der Waals surface area contributed by atoms with Gasteiger partial charge < -0.3 is 9.84 Å². The lowest BCUT2D eigenvalue weighted by Crippen LogP contribution is -2.36. The highest BCUT2D eigenvalue weighted by Gasteiger charge is 2.19. The monoisotopic (exact) mass is 326 g/mol. The number of rotatable bonds is 4. The summed E-state index contributed by atoms with van der Waals surface area (Å²) in [4.78, 5) is 13.5. The van der Waals surface area contributed by atoms with E-state index in [0.717, 1.165) is 55.4 Å². The number of carboxylic acids is 1. The summed E-state index contributed by atoms with van der Waals surface area (Å²) in [5.74, 6) is -0.860. The number of nitrogens with zero attached hydrogens (tertiary/aromatic N) is 4. The van der Waals surface area contributed by atoms with Crippen LogP contribution in [0.5, 0.6) is 0 Å². The molecule has 0 radical (unpaired) electrons. The molecule has 4 rings (SSSR count). The van der Waals surface area contributed by atoms with Crippen LogP contribution in [0.1, 0.15) is 16.8 Å². The Balaban J connectivity index is 1.60. The highest BCUT2D eigenvalue weighted by Crippen LogP contribution is 2.27. The fourth-order valence-corrected chi connectivity index (χ4v) is 3.16. The van der Waals surface area contributed by atoms with E-state index in [2.05, 4.69) is 15.2 Å². The lowest BCUT2D eigenvalue weighted by atomic mass is 10.1. The van der Waals surface area contributed by atoms with E-state index in [0.29, 0.717) is 12.0 Å². The van der Waals surface area contributed by atoms with Crippen molar-refractivity contribution in [1.29, 1.82) is 0 Å². The first kappa shape index (κ1) is 15.0. The highest BCUT2D eigenvalue weighted by molar-refractivity contribution is 5.95. The fourth-order valence-electron chi connectivity index (χ4n) is 3.16. The third-order valence-electron chi connectivity index (χ3n) is 4.47. The van der Waals surface area contributed by atoms with Gasteiger partial charge in [0, 0.05) is 31.6 Å². The largest absolute Gasteiger partial charge is 0.478 e. The predicted molar refractivity (Wildman–Crippen MR) is 86.8 cm³/mol. The van der Waals surface area contributed by atoms with Gasteiger partial charge in [0.2, 0.25) is 0 Å². The van der Waals surface area contributed by atoms with Crippen LogP contribution in [-0.2, 0) is 22.5 Å². The van der Waals surface area contributed by atoms with Crippen molar-refractivity contribution in [2.24, 2.45) is 0 Å². The predicted octanol–water partition coefficient (Wildman–Crippen LogP) is 1.12. The van der Waals surface area contributed by atoms with Crippen molar-refractivity contribution in [3.05, 3.63) is 46.8 Å². The van der Waals surface area contributed by atoms with Crippen LogP contribution in [0.15, 0.2) is 30.0 Å². The van der Waals surface area contributed by atoms with Gasteiger partial charge in [0.15, 0.2) is 0 Å². The molecule has 7 nitrogen and oxygen atoms in total. The Morgan fingerprint density at radius 2 is 2.12 bits per heavy atom. The maximum atomic E-state index is 11.1. The maximum Gasteiger partial charge on any atom is 0.331 e. The minimum Gasteiger partial charge on any atom is -0.478 e. The molecule has 2 aliphatic rings. The van der Waals surface area contributed by atoms with E-state index in [9.17, 15) is 4.79 Å². The molecule has 2 heterocycles. The van der Waals surface area contributed by atoms with Gasteiger partial charge in [-0.3, -0.25) is 4.90 Å². The van der Waals surface area contributed by atoms with Crippen LogP contribution in [0.25, 0.3) is 11.8 Å². The first-order valence-corrected chi connectivity index (χ1v) is 7.97. The summed E-state index contributed by atoms with van der Waals surface area (Å²) in [6, 6.07) is 5.91. The van der Waals surface area contributed by atoms with Gasteiger partial charge in [0.1, 0.15) is 0 Å². The quantitative estimate of drug-likeness (QED) is 0.907. The van der Waals surface area contributed by atoms with Gasteiger partial charge in [-0.1, -0.05) is 11.3 Å². The molecule has 24 heavy (non-hydrogen) atoms. The topological polar surface area (TPSA) is 80.5 Å². The Bertz CT molecular complexity index is 806. The molecular weight excluding hydrogens is 308 g/mol. The van der Waals surface area contributed by atoms with Crippen molar-refractivity contribution in [1.82, 2.24) is 19.9 Å². The molecule has 1 aromatic carbocycles. The zero-order valence-corrected chi connectivity index (χ0v) is 13.2. The number of morpholine rings is 1. The summed E-state index contributed by atoms with van der Waals surface area (Å²) < 4.78 is 7.20. The van der Waals surface area contributed by atoms with Crippen LogP contribution >= 0.6 is 0 Å². The molecule has 0 unspecified atom stereocenters.